The van der Waals surface area contributed by atoms with E-state index in [9.17, 15) is 9.59 Å². The quantitative estimate of drug-likeness (QED) is 0.593. The Kier molecular flexibility index (Phi) is 5.84. The average molecular weight is 421 g/mol. The molecule has 6 heteroatoms. The Morgan fingerprint density at radius 2 is 1.60 bits per heavy atom. The van der Waals surface area contributed by atoms with E-state index in [4.69, 9.17) is 16.3 Å². The number of ether oxygens (including phenoxy) is 1. The van der Waals surface area contributed by atoms with Gasteiger partial charge in [0.15, 0.2) is 12.2 Å². The van der Waals surface area contributed by atoms with E-state index in [2.05, 4.69) is 5.32 Å². The molecule has 4 rings (SSSR count). The highest BCUT2D eigenvalue weighted by atomic mass is 35.5. The number of halogens is 1. The van der Waals surface area contributed by atoms with Crippen LogP contribution in [0.5, 0.6) is 0 Å². The number of anilines is 2. The first-order valence-electron chi connectivity index (χ1n) is 9.66. The standard InChI is InChI=1S/C24H21ClN2O3/c1-16-19(25)13-8-14-20(16)26-23(28)21-22(30-21)24(29)27(18-11-6-3-7-12-18)15-17-9-4-2-5-10-17/h2-14,21-22H,15H2,1H3,(H,26,28). The highest BCUT2D eigenvalue weighted by Gasteiger charge is 2.52. The van der Waals surface area contributed by atoms with Crippen molar-refractivity contribution in [3.63, 3.8) is 0 Å². The summed E-state index contributed by atoms with van der Waals surface area (Å²) in [7, 11) is 0. The molecule has 2 unspecified atom stereocenters. The summed E-state index contributed by atoms with van der Waals surface area (Å²) in [4.78, 5) is 27.5. The van der Waals surface area contributed by atoms with Crippen LogP contribution in [0.15, 0.2) is 78.9 Å². The highest BCUT2D eigenvalue weighted by molar-refractivity contribution is 6.31. The Labute approximate surface area is 180 Å². The van der Waals surface area contributed by atoms with E-state index < -0.39 is 12.2 Å². The summed E-state index contributed by atoms with van der Waals surface area (Å²) >= 11 is 6.11. The molecule has 0 aliphatic carbocycles. The smallest absolute Gasteiger partial charge is 0.259 e. The fourth-order valence-corrected chi connectivity index (χ4v) is 3.44. The van der Waals surface area contributed by atoms with Gasteiger partial charge in [0.05, 0.1) is 6.54 Å². The van der Waals surface area contributed by atoms with E-state index in [-0.39, 0.29) is 11.8 Å². The molecular weight excluding hydrogens is 400 g/mol. The number of epoxide rings is 1. The van der Waals surface area contributed by atoms with E-state index in [1.807, 2.05) is 67.6 Å². The molecule has 3 aromatic rings. The molecular formula is C24H21ClN2O3. The summed E-state index contributed by atoms with van der Waals surface area (Å²) in [6.45, 7) is 2.22. The number of carbonyl (C=O) groups excluding carboxylic acids is 2. The van der Waals surface area contributed by atoms with Crippen LogP contribution in [-0.2, 0) is 20.9 Å². The van der Waals surface area contributed by atoms with Gasteiger partial charge in [0.25, 0.3) is 11.8 Å². The van der Waals surface area contributed by atoms with Gasteiger partial charge in [0.1, 0.15) is 0 Å². The Morgan fingerprint density at radius 1 is 0.933 bits per heavy atom. The van der Waals surface area contributed by atoms with Crippen LogP contribution in [0.3, 0.4) is 0 Å². The van der Waals surface area contributed by atoms with Crippen LogP contribution in [0.4, 0.5) is 11.4 Å². The number of hydrogen-bond acceptors (Lipinski definition) is 3. The predicted molar refractivity (Wildman–Crippen MR) is 118 cm³/mol. The maximum atomic E-state index is 13.2. The van der Waals surface area contributed by atoms with Crippen LogP contribution in [0.2, 0.25) is 5.02 Å². The Hall–Kier alpha value is -3.15. The molecule has 2 amide bonds. The number of hydrogen-bond donors (Lipinski definition) is 1. The van der Waals surface area contributed by atoms with Gasteiger partial charge in [0, 0.05) is 16.4 Å². The minimum absolute atomic E-state index is 0.243. The van der Waals surface area contributed by atoms with Crippen molar-refractivity contribution in [3.8, 4) is 0 Å². The normalized spacial score (nSPS) is 17.3. The second-order valence-electron chi connectivity index (χ2n) is 7.12. The zero-order valence-electron chi connectivity index (χ0n) is 16.4. The van der Waals surface area contributed by atoms with Crippen molar-refractivity contribution in [2.45, 2.75) is 25.7 Å². The Balaban J connectivity index is 1.49. The van der Waals surface area contributed by atoms with E-state index in [0.29, 0.717) is 17.3 Å². The lowest BCUT2D eigenvalue weighted by atomic mass is 10.1. The SMILES string of the molecule is Cc1c(Cl)cccc1NC(=O)C1OC1C(=O)N(Cc1ccccc1)c1ccccc1. The first-order chi connectivity index (χ1) is 14.5. The maximum Gasteiger partial charge on any atom is 0.259 e. The second kappa shape index (κ2) is 8.69. The van der Waals surface area contributed by atoms with Gasteiger partial charge in [-0.1, -0.05) is 66.2 Å². The number of carbonyl (C=O) groups is 2. The minimum Gasteiger partial charge on any atom is -0.349 e. The van der Waals surface area contributed by atoms with Crippen molar-refractivity contribution in [1.29, 1.82) is 0 Å². The van der Waals surface area contributed by atoms with Crippen LogP contribution in [-0.4, -0.2) is 24.0 Å². The van der Waals surface area contributed by atoms with E-state index >= 15 is 0 Å². The zero-order chi connectivity index (χ0) is 21.1. The molecule has 0 spiro atoms. The average Bonchev–Trinajstić information content (AvgIpc) is 3.57. The molecule has 1 saturated heterocycles. The lowest BCUT2D eigenvalue weighted by Crippen LogP contribution is -2.36. The third-order valence-electron chi connectivity index (χ3n) is 5.04. The second-order valence-corrected chi connectivity index (χ2v) is 7.53. The van der Waals surface area contributed by atoms with Crippen LogP contribution < -0.4 is 10.2 Å². The summed E-state index contributed by atoms with van der Waals surface area (Å²) < 4.78 is 5.49. The van der Waals surface area contributed by atoms with Crippen molar-refractivity contribution in [3.05, 3.63) is 95.0 Å². The van der Waals surface area contributed by atoms with Crippen molar-refractivity contribution in [1.82, 2.24) is 0 Å². The maximum absolute atomic E-state index is 13.2. The van der Waals surface area contributed by atoms with Gasteiger partial charge < -0.3 is 15.0 Å². The van der Waals surface area contributed by atoms with E-state index in [0.717, 1.165) is 16.8 Å². The minimum atomic E-state index is -0.821. The first kappa shape index (κ1) is 20.1. The van der Waals surface area contributed by atoms with Gasteiger partial charge in [-0.3, -0.25) is 9.59 Å². The largest absolute Gasteiger partial charge is 0.349 e. The van der Waals surface area contributed by atoms with Gasteiger partial charge >= 0.3 is 0 Å². The molecule has 0 aromatic heterocycles. The van der Waals surface area contributed by atoms with E-state index in [1.54, 1.807) is 23.1 Å². The monoisotopic (exact) mass is 420 g/mol. The summed E-state index contributed by atoms with van der Waals surface area (Å²) in [6, 6.07) is 24.4. The van der Waals surface area contributed by atoms with Crippen LogP contribution >= 0.6 is 11.6 Å². The molecule has 1 heterocycles. The molecule has 0 bridgehead atoms. The third-order valence-corrected chi connectivity index (χ3v) is 5.45. The van der Waals surface area contributed by atoms with Crippen molar-refractivity contribution in [2.24, 2.45) is 0 Å². The molecule has 1 fully saturated rings. The molecule has 2 atom stereocenters. The number of nitrogens with zero attached hydrogens (tertiary/aromatic N) is 1. The fraction of sp³-hybridized carbons (Fsp3) is 0.167. The van der Waals surface area contributed by atoms with Crippen molar-refractivity contribution < 1.29 is 14.3 Å². The van der Waals surface area contributed by atoms with Gasteiger partial charge in [-0.25, -0.2) is 0 Å². The molecule has 1 N–H and O–H groups in total. The van der Waals surface area contributed by atoms with Gasteiger partial charge in [-0.2, -0.15) is 0 Å². The lowest BCUT2D eigenvalue weighted by Gasteiger charge is -2.22. The summed E-state index contributed by atoms with van der Waals surface area (Å²) in [5.74, 6) is -0.598. The number of rotatable bonds is 6. The molecule has 0 saturated carbocycles. The molecule has 5 nitrogen and oxygen atoms in total. The van der Waals surface area contributed by atoms with Crippen LogP contribution in [0, 0.1) is 6.92 Å². The Bertz CT molecular complexity index is 1060. The molecule has 152 valence electrons. The Morgan fingerprint density at radius 3 is 2.30 bits per heavy atom. The topological polar surface area (TPSA) is 61.9 Å². The predicted octanol–water partition coefficient (Wildman–Crippen LogP) is 4.59. The molecule has 30 heavy (non-hydrogen) atoms. The molecule has 1 aliphatic rings. The van der Waals surface area contributed by atoms with Crippen molar-refractivity contribution in [2.75, 3.05) is 10.2 Å². The zero-order valence-corrected chi connectivity index (χ0v) is 17.2. The number of para-hydroxylation sites is 1. The third kappa shape index (κ3) is 4.37. The van der Waals surface area contributed by atoms with Crippen LogP contribution in [0.1, 0.15) is 11.1 Å². The summed E-state index contributed by atoms with van der Waals surface area (Å²) in [5.41, 5.74) is 3.13. The number of benzene rings is 3. The van der Waals surface area contributed by atoms with Gasteiger partial charge in [-0.15, -0.1) is 0 Å². The summed E-state index contributed by atoms with van der Waals surface area (Å²) in [6.07, 6.45) is -1.63. The molecule has 1 aliphatic heterocycles. The van der Waals surface area contributed by atoms with Crippen molar-refractivity contribution >= 4 is 34.8 Å². The highest BCUT2D eigenvalue weighted by Crippen LogP contribution is 2.30. The van der Waals surface area contributed by atoms with E-state index in [1.165, 1.54) is 0 Å². The van der Waals surface area contributed by atoms with Crippen LogP contribution in [0.25, 0.3) is 0 Å². The van der Waals surface area contributed by atoms with Gasteiger partial charge in [-0.05, 0) is 42.3 Å². The number of nitrogens with one attached hydrogen (secondary N) is 1. The lowest BCUT2D eigenvalue weighted by molar-refractivity contribution is -0.120. The summed E-state index contributed by atoms with van der Waals surface area (Å²) in [5, 5.41) is 3.37. The molecule has 0 radical (unpaired) electrons. The number of amides is 2. The first-order valence-corrected chi connectivity index (χ1v) is 10.0. The van der Waals surface area contributed by atoms with Gasteiger partial charge in [0.2, 0.25) is 0 Å². The molecule has 3 aromatic carbocycles. The fourth-order valence-electron chi connectivity index (χ4n) is 3.27.